The van der Waals surface area contributed by atoms with Gasteiger partial charge in [0.05, 0.1) is 0 Å². The molecule has 1 N–H and O–H groups in total. The summed E-state index contributed by atoms with van der Waals surface area (Å²) in [7, 11) is 0. The molecule has 0 spiro atoms. The van der Waals surface area contributed by atoms with E-state index in [9.17, 15) is 4.79 Å². The second kappa shape index (κ2) is 12.9. The minimum absolute atomic E-state index is 0.239. The summed E-state index contributed by atoms with van der Waals surface area (Å²) in [5, 5.41) is 9.21. The summed E-state index contributed by atoms with van der Waals surface area (Å²) in [5.74, 6) is 1.35. The number of hydrogen-bond acceptors (Lipinski definition) is 3. The molecule has 2 atom stereocenters. The van der Waals surface area contributed by atoms with E-state index in [4.69, 9.17) is 6.48 Å². The molecular weight excluding hydrogens is 360 g/mol. The fraction of sp³-hybridized carbons (Fsp3) is 0.409. The van der Waals surface area contributed by atoms with E-state index in [1.807, 2.05) is 48.2 Å². The Morgan fingerprint density at radius 3 is 2.27 bits per heavy atom. The van der Waals surface area contributed by atoms with E-state index in [0.29, 0.717) is 5.25 Å². The third kappa shape index (κ3) is 9.35. The number of hydrogen-bond donors (Lipinski definition) is 1. The van der Waals surface area contributed by atoms with Crippen molar-refractivity contribution >= 4 is 29.5 Å². The van der Waals surface area contributed by atoms with Gasteiger partial charge in [0.1, 0.15) is 0 Å². The number of thioether (sulfide) groups is 2. The van der Waals surface area contributed by atoms with E-state index in [-0.39, 0.29) is 12.1 Å². The molecule has 0 aromatic heterocycles. The molecule has 0 bridgehead atoms. The molecule has 0 aliphatic rings. The van der Waals surface area contributed by atoms with Gasteiger partial charge < -0.3 is 5.11 Å². The Balaban J connectivity index is 1.79. The van der Waals surface area contributed by atoms with Crippen LogP contribution in [0, 0.1) is 0 Å². The van der Waals surface area contributed by atoms with Crippen LogP contribution in [0.15, 0.2) is 60.7 Å². The van der Waals surface area contributed by atoms with Crippen molar-refractivity contribution in [1.82, 2.24) is 0 Å². The molecule has 140 valence electrons. The summed E-state index contributed by atoms with van der Waals surface area (Å²) >= 11 is 3.64. The maximum absolute atomic E-state index is 10.7. The summed E-state index contributed by atoms with van der Waals surface area (Å²) in [6.07, 6.45) is 3.90. The summed E-state index contributed by atoms with van der Waals surface area (Å²) in [6, 6.07) is 20.4. The smallest absolute Gasteiger partial charge is 0.303 e. The van der Waals surface area contributed by atoms with E-state index < -0.39 is 5.97 Å². The van der Waals surface area contributed by atoms with Crippen molar-refractivity contribution < 1.29 is 11.3 Å². The lowest BCUT2D eigenvalue weighted by molar-refractivity contribution is -0.137. The molecule has 4 heteroatoms. The monoisotopic (exact) mass is 389 g/mol. The molecule has 2 unspecified atom stereocenters. The van der Waals surface area contributed by atoms with E-state index >= 15 is 0 Å². The van der Waals surface area contributed by atoms with Gasteiger partial charge in [-0.1, -0.05) is 67.1 Å². The number of benzene rings is 2. The molecule has 0 fully saturated rings. The Kier molecular flexibility index (Phi) is 9.60. The molecule has 0 heterocycles. The molecule has 0 saturated heterocycles. The molecule has 26 heavy (non-hydrogen) atoms. The van der Waals surface area contributed by atoms with Gasteiger partial charge in [-0.25, -0.2) is 0 Å². The molecule has 0 aliphatic carbocycles. The Morgan fingerprint density at radius 2 is 1.62 bits per heavy atom. The fourth-order valence-electron chi connectivity index (χ4n) is 2.61. The van der Waals surface area contributed by atoms with E-state index in [0.717, 1.165) is 42.8 Å². The minimum atomic E-state index is -0.722. The zero-order valence-corrected chi connectivity index (χ0v) is 16.7. The van der Waals surface area contributed by atoms with Crippen LogP contribution in [0.5, 0.6) is 0 Å². The molecule has 2 aromatic carbocycles. The maximum atomic E-state index is 10.7. The van der Waals surface area contributed by atoms with Crippen molar-refractivity contribution in [2.45, 2.75) is 48.8 Å². The molecule has 0 amide bonds. The lowest BCUT2D eigenvalue weighted by atomic mass is 10.1. The molecule has 0 aliphatic heterocycles. The van der Waals surface area contributed by atoms with Crippen molar-refractivity contribution in [3.63, 3.8) is 0 Å². The normalized spacial score (nSPS) is 13.8. The van der Waals surface area contributed by atoms with Gasteiger partial charge in [-0.05, 0) is 36.1 Å². The first kappa shape index (κ1) is 19.4. The van der Waals surface area contributed by atoms with E-state index in [1.54, 1.807) is 11.8 Å². The van der Waals surface area contributed by atoms with Crippen LogP contribution < -0.4 is 0 Å². The maximum Gasteiger partial charge on any atom is 0.303 e. The average molecular weight is 390 g/mol. The molecule has 2 rings (SSSR count). The van der Waals surface area contributed by atoms with Gasteiger partial charge in [-0.2, -0.15) is 23.5 Å². The molecule has 2 nitrogen and oxygen atoms in total. The fourth-order valence-corrected chi connectivity index (χ4v) is 4.85. The SMILES string of the molecule is [2H]C(SC(CCCCC(=O)O)CCSCc1ccccc1)c1ccccc1. The molecular formula is C22H28O2S2. The quantitative estimate of drug-likeness (QED) is 0.410. The van der Waals surface area contributed by atoms with Gasteiger partial charge in [0.15, 0.2) is 0 Å². The topological polar surface area (TPSA) is 37.3 Å². The molecule has 2 aromatic rings. The van der Waals surface area contributed by atoms with Crippen LogP contribution in [-0.4, -0.2) is 22.1 Å². The highest BCUT2D eigenvalue weighted by Crippen LogP contribution is 2.27. The van der Waals surface area contributed by atoms with Gasteiger partial charge >= 0.3 is 5.97 Å². The highest BCUT2D eigenvalue weighted by atomic mass is 32.2. The number of unbranched alkanes of at least 4 members (excludes halogenated alkanes) is 1. The van der Waals surface area contributed by atoms with Crippen LogP contribution in [0.2, 0.25) is 0 Å². The summed E-state index contributed by atoms with van der Waals surface area (Å²) in [4.78, 5) is 10.7. The Labute approximate surface area is 167 Å². The van der Waals surface area contributed by atoms with Crippen molar-refractivity contribution in [1.29, 1.82) is 0 Å². The Hall–Kier alpha value is -1.39. The van der Waals surface area contributed by atoms with Gasteiger partial charge in [-0.15, -0.1) is 0 Å². The predicted octanol–water partition coefficient (Wildman–Crippen LogP) is 6.26. The van der Waals surface area contributed by atoms with Crippen LogP contribution in [0.1, 0.15) is 44.6 Å². The highest BCUT2D eigenvalue weighted by molar-refractivity contribution is 7.99. The lowest BCUT2D eigenvalue weighted by Gasteiger charge is -2.16. The van der Waals surface area contributed by atoms with Gasteiger partial charge in [0.25, 0.3) is 0 Å². The van der Waals surface area contributed by atoms with Crippen LogP contribution in [0.3, 0.4) is 0 Å². The van der Waals surface area contributed by atoms with Crippen molar-refractivity contribution in [3.8, 4) is 0 Å². The zero-order chi connectivity index (χ0) is 19.3. The van der Waals surface area contributed by atoms with Crippen molar-refractivity contribution in [3.05, 3.63) is 71.8 Å². The van der Waals surface area contributed by atoms with Gasteiger partial charge in [0.2, 0.25) is 0 Å². The third-order valence-electron chi connectivity index (χ3n) is 4.06. The Morgan fingerprint density at radius 1 is 0.962 bits per heavy atom. The van der Waals surface area contributed by atoms with Crippen molar-refractivity contribution in [2.24, 2.45) is 0 Å². The number of carboxylic acid groups (broad SMARTS) is 1. The first-order valence-electron chi connectivity index (χ1n) is 9.69. The number of aliphatic carboxylic acids is 1. The average Bonchev–Trinajstić information content (AvgIpc) is 2.69. The number of carbonyl (C=O) groups is 1. The van der Waals surface area contributed by atoms with Crippen LogP contribution in [0.4, 0.5) is 0 Å². The number of carboxylic acids is 1. The van der Waals surface area contributed by atoms with Crippen LogP contribution >= 0.6 is 23.5 Å². The predicted molar refractivity (Wildman–Crippen MR) is 115 cm³/mol. The lowest BCUT2D eigenvalue weighted by Crippen LogP contribution is -2.06. The Bertz CT molecular complexity index is 652. The molecule has 0 saturated carbocycles. The summed E-state index contributed by atoms with van der Waals surface area (Å²) in [6.45, 7) is 0. The third-order valence-corrected chi connectivity index (χ3v) is 6.38. The summed E-state index contributed by atoms with van der Waals surface area (Å²) in [5.41, 5.74) is 2.10. The van der Waals surface area contributed by atoms with Crippen LogP contribution in [0.25, 0.3) is 0 Å². The number of rotatable bonds is 13. The minimum Gasteiger partial charge on any atom is -0.481 e. The first-order chi connectivity index (χ1) is 13.1. The zero-order valence-electron chi connectivity index (χ0n) is 16.0. The second-order valence-corrected chi connectivity index (χ2v) is 8.53. The standard InChI is InChI=1S/C22H28O2S2/c23-22(24)14-8-7-13-21(26-18-20-11-5-2-6-12-20)15-16-25-17-19-9-3-1-4-10-19/h1-6,9-12,21H,7-8,13-18H2,(H,23,24)/i18D. The summed E-state index contributed by atoms with van der Waals surface area (Å²) < 4.78 is 8.47. The largest absolute Gasteiger partial charge is 0.481 e. The molecule has 0 radical (unpaired) electrons. The van der Waals surface area contributed by atoms with Crippen molar-refractivity contribution in [2.75, 3.05) is 5.75 Å². The highest BCUT2D eigenvalue weighted by Gasteiger charge is 2.10. The van der Waals surface area contributed by atoms with Gasteiger partial charge in [-0.3, -0.25) is 4.79 Å². The van der Waals surface area contributed by atoms with E-state index in [1.165, 1.54) is 5.56 Å². The second-order valence-electron chi connectivity index (χ2n) is 6.25. The first-order valence-corrected chi connectivity index (χ1v) is 11.2. The van der Waals surface area contributed by atoms with Crippen LogP contribution in [-0.2, 0) is 16.3 Å². The van der Waals surface area contributed by atoms with E-state index in [2.05, 4.69) is 24.3 Å². The van der Waals surface area contributed by atoms with Gasteiger partial charge in [0, 0.05) is 24.5 Å².